The summed E-state index contributed by atoms with van der Waals surface area (Å²) in [4.78, 5) is 25.1. The first-order chi connectivity index (χ1) is 20.5. The predicted molar refractivity (Wildman–Crippen MR) is 167 cm³/mol. The van der Waals surface area contributed by atoms with Crippen LogP contribution in [-0.4, -0.2) is 53.3 Å². The van der Waals surface area contributed by atoms with Gasteiger partial charge < -0.3 is 19.8 Å². The van der Waals surface area contributed by atoms with Crippen LogP contribution in [0.25, 0.3) is 6.08 Å². The molecule has 1 fully saturated rings. The van der Waals surface area contributed by atoms with Crippen molar-refractivity contribution in [2.24, 2.45) is 11.8 Å². The second-order valence-electron chi connectivity index (χ2n) is 11.3. The highest BCUT2D eigenvalue weighted by atomic mass is 16.5. The van der Waals surface area contributed by atoms with Gasteiger partial charge in [0, 0.05) is 12.1 Å². The Morgan fingerprint density at radius 1 is 0.905 bits per heavy atom. The number of carboxylic acid groups (broad SMARTS) is 2. The highest BCUT2D eigenvalue weighted by Gasteiger charge is 2.25. The van der Waals surface area contributed by atoms with Crippen LogP contribution in [0.2, 0.25) is 0 Å². The van der Waals surface area contributed by atoms with E-state index in [0.717, 1.165) is 81.3 Å². The van der Waals surface area contributed by atoms with Crippen molar-refractivity contribution >= 4 is 18.0 Å². The van der Waals surface area contributed by atoms with Crippen LogP contribution in [0, 0.1) is 11.8 Å². The van der Waals surface area contributed by atoms with Gasteiger partial charge in [-0.15, -0.1) is 0 Å². The molecule has 0 bridgehead atoms. The summed E-state index contributed by atoms with van der Waals surface area (Å²) in [6.45, 7) is 3.03. The number of piperidine rings is 1. The molecule has 2 N–H and O–H groups in total. The van der Waals surface area contributed by atoms with Gasteiger partial charge in [-0.25, -0.2) is 4.79 Å². The summed E-state index contributed by atoms with van der Waals surface area (Å²) in [7, 11) is 0. The van der Waals surface area contributed by atoms with E-state index in [1.807, 2.05) is 30.3 Å². The Morgan fingerprint density at radius 2 is 1.67 bits per heavy atom. The van der Waals surface area contributed by atoms with Gasteiger partial charge in [0.25, 0.3) is 0 Å². The van der Waals surface area contributed by atoms with E-state index < -0.39 is 11.9 Å². The quantitative estimate of drug-likeness (QED) is 0.177. The lowest BCUT2D eigenvalue weighted by atomic mass is 9.93. The smallest absolute Gasteiger partial charge is 0.335 e. The molecule has 3 aromatic carbocycles. The summed E-state index contributed by atoms with van der Waals surface area (Å²) >= 11 is 0. The van der Waals surface area contributed by atoms with E-state index in [2.05, 4.69) is 53.5 Å². The van der Waals surface area contributed by atoms with Gasteiger partial charge in [0.05, 0.1) is 18.1 Å². The molecule has 1 heterocycles. The maximum Gasteiger partial charge on any atom is 0.335 e. The van der Waals surface area contributed by atoms with Crippen molar-refractivity contribution in [1.82, 2.24) is 4.90 Å². The molecule has 0 aliphatic carbocycles. The van der Waals surface area contributed by atoms with E-state index in [0.29, 0.717) is 13.2 Å². The van der Waals surface area contributed by atoms with Crippen molar-refractivity contribution in [3.8, 4) is 5.75 Å². The number of aromatic carboxylic acids is 1. The second-order valence-corrected chi connectivity index (χ2v) is 11.3. The summed E-state index contributed by atoms with van der Waals surface area (Å²) in [5.41, 5.74) is 3.78. The maximum absolute atomic E-state index is 11.5. The Bertz CT molecular complexity index is 1290. The Morgan fingerprint density at radius 3 is 2.43 bits per heavy atom. The summed E-state index contributed by atoms with van der Waals surface area (Å²) in [5, 5.41) is 18.7. The third-order valence-corrected chi connectivity index (χ3v) is 8.05. The molecule has 2 atom stereocenters. The van der Waals surface area contributed by atoms with Crippen LogP contribution in [0.4, 0.5) is 0 Å². The zero-order chi connectivity index (χ0) is 29.6. The van der Waals surface area contributed by atoms with Gasteiger partial charge in [-0.2, -0.15) is 0 Å². The first-order valence-corrected chi connectivity index (χ1v) is 15.2. The molecule has 0 aromatic heterocycles. The van der Waals surface area contributed by atoms with Crippen LogP contribution in [0.5, 0.6) is 5.75 Å². The van der Waals surface area contributed by atoms with E-state index in [1.165, 1.54) is 5.56 Å². The Labute approximate surface area is 249 Å². The van der Waals surface area contributed by atoms with Gasteiger partial charge in [-0.3, -0.25) is 4.79 Å². The van der Waals surface area contributed by atoms with E-state index in [4.69, 9.17) is 4.74 Å². The number of benzene rings is 3. The standard InChI is InChI=1S/C36H43NO5/c38-35(39)32-20-17-29(18-21-32)26-30(22-24-37-23-9-14-33(27-37)36(40)41)16-19-31-13-6-7-15-34(31)42-25-8-2-5-12-28-10-3-1-4-11-28/h1,3-4,6-7,10-11,13,15-21,30,33H,2,5,8-9,12,14,22-27H2,(H,38,39)(H,40,41). The van der Waals surface area contributed by atoms with E-state index in [9.17, 15) is 19.8 Å². The number of carbonyl (C=O) groups is 2. The van der Waals surface area contributed by atoms with Gasteiger partial charge in [0.2, 0.25) is 0 Å². The fourth-order valence-electron chi connectivity index (χ4n) is 5.59. The summed E-state index contributed by atoms with van der Waals surface area (Å²) in [5.74, 6) is -0.844. The molecule has 0 amide bonds. The van der Waals surface area contributed by atoms with E-state index in [-0.39, 0.29) is 17.4 Å². The van der Waals surface area contributed by atoms with Gasteiger partial charge in [-0.1, -0.05) is 72.8 Å². The number of ether oxygens (including phenoxy) is 1. The number of para-hydroxylation sites is 1. The molecule has 1 aliphatic heterocycles. The number of aliphatic carboxylic acids is 1. The van der Waals surface area contributed by atoms with Crippen LogP contribution in [-0.2, 0) is 17.6 Å². The molecule has 6 heteroatoms. The van der Waals surface area contributed by atoms with Crippen LogP contribution >= 0.6 is 0 Å². The van der Waals surface area contributed by atoms with Crippen molar-refractivity contribution in [2.75, 3.05) is 26.2 Å². The topological polar surface area (TPSA) is 87.1 Å². The largest absolute Gasteiger partial charge is 0.493 e. The number of allylic oxidation sites excluding steroid dienone is 1. The molecule has 42 heavy (non-hydrogen) atoms. The monoisotopic (exact) mass is 569 g/mol. The van der Waals surface area contributed by atoms with Crippen LogP contribution in [0.1, 0.15) is 65.6 Å². The molecule has 1 aliphatic rings. The molecule has 2 unspecified atom stereocenters. The normalized spacial score (nSPS) is 16.3. The molecule has 0 saturated carbocycles. The van der Waals surface area contributed by atoms with Crippen molar-refractivity contribution in [3.05, 3.63) is 107 Å². The highest BCUT2D eigenvalue weighted by Crippen LogP contribution is 2.24. The minimum Gasteiger partial charge on any atom is -0.493 e. The highest BCUT2D eigenvalue weighted by molar-refractivity contribution is 5.87. The average molecular weight is 570 g/mol. The molecule has 222 valence electrons. The minimum absolute atomic E-state index is 0.205. The zero-order valence-corrected chi connectivity index (χ0v) is 24.4. The van der Waals surface area contributed by atoms with Crippen LogP contribution < -0.4 is 4.74 Å². The number of unbranched alkanes of at least 4 members (excludes halogenated alkanes) is 2. The first kappa shape index (κ1) is 31.0. The van der Waals surface area contributed by atoms with Gasteiger partial charge in [-0.05, 0) is 99.7 Å². The fraction of sp³-hybridized carbons (Fsp3) is 0.389. The molecule has 6 nitrogen and oxygen atoms in total. The van der Waals surface area contributed by atoms with Crippen molar-refractivity contribution in [3.63, 3.8) is 0 Å². The predicted octanol–water partition coefficient (Wildman–Crippen LogP) is 7.24. The SMILES string of the molecule is O=C(O)c1ccc(CC(C=Cc2ccccc2OCCCCCc2ccccc2)CCN2CCCC(C(=O)O)C2)cc1. The average Bonchev–Trinajstić information content (AvgIpc) is 3.01. The number of hydrogen-bond acceptors (Lipinski definition) is 4. The maximum atomic E-state index is 11.5. The molecule has 3 aromatic rings. The number of nitrogens with zero attached hydrogens (tertiary/aromatic N) is 1. The molecular weight excluding hydrogens is 526 g/mol. The summed E-state index contributed by atoms with van der Waals surface area (Å²) in [6, 6.07) is 25.8. The molecule has 4 rings (SSSR count). The van der Waals surface area contributed by atoms with Crippen LogP contribution in [0.3, 0.4) is 0 Å². The number of rotatable bonds is 16. The third-order valence-electron chi connectivity index (χ3n) is 8.05. The third kappa shape index (κ3) is 10.2. The Kier molecular flexibility index (Phi) is 12.2. The number of aryl methyl sites for hydroxylation is 1. The van der Waals surface area contributed by atoms with Crippen molar-refractivity contribution in [1.29, 1.82) is 0 Å². The van der Waals surface area contributed by atoms with Gasteiger partial charge in [0.1, 0.15) is 5.75 Å². The lowest BCUT2D eigenvalue weighted by Gasteiger charge is -2.31. The molecular formula is C36H43NO5. The number of hydrogen-bond donors (Lipinski definition) is 2. The lowest BCUT2D eigenvalue weighted by molar-refractivity contribution is -0.143. The Balaban J connectivity index is 1.35. The second kappa shape index (κ2) is 16.5. The zero-order valence-electron chi connectivity index (χ0n) is 24.4. The lowest BCUT2D eigenvalue weighted by Crippen LogP contribution is -2.39. The van der Waals surface area contributed by atoms with Crippen LogP contribution in [0.15, 0.2) is 84.9 Å². The number of likely N-dealkylation sites (tertiary alicyclic amines) is 1. The summed E-state index contributed by atoms with van der Waals surface area (Å²) in [6.07, 6.45) is 12.0. The minimum atomic E-state index is -0.927. The van der Waals surface area contributed by atoms with E-state index in [1.54, 1.807) is 12.1 Å². The van der Waals surface area contributed by atoms with Gasteiger partial charge in [0.15, 0.2) is 0 Å². The van der Waals surface area contributed by atoms with Crippen molar-refractivity contribution in [2.45, 2.75) is 51.4 Å². The molecule has 0 spiro atoms. The first-order valence-electron chi connectivity index (χ1n) is 15.2. The molecule has 0 radical (unpaired) electrons. The van der Waals surface area contributed by atoms with Crippen molar-refractivity contribution < 1.29 is 24.5 Å². The Hall–Kier alpha value is -3.90. The fourth-order valence-corrected chi connectivity index (χ4v) is 5.59. The molecule has 1 saturated heterocycles. The van der Waals surface area contributed by atoms with Gasteiger partial charge >= 0.3 is 11.9 Å². The van der Waals surface area contributed by atoms with E-state index >= 15 is 0 Å². The number of carboxylic acids is 2. The summed E-state index contributed by atoms with van der Waals surface area (Å²) < 4.78 is 6.19.